The fourth-order valence-corrected chi connectivity index (χ4v) is 5.69. The van der Waals surface area contributed by atoms with Crippen LogP contribution in [0.25, 0.3) is 44.4 Å². The van der Waals surface area contributed by atoms with E-state index in [0.717, 1.165) is 67.1 Å². The molecule has 7 rings (SSSR count). The number of ether oxygens (including phenoxy) is 3. The second-order valence-electron chi connectivity index (χ2n) is 10.8. The van der Waals surface area contributed by atoms with E-state index in [9.17, 15) is 0 Å². The van der Waals surface area contributed by atoms with Crippen LogP contribution in [0.1, 0.15) is 25.0 Å². The van der Waals surface area contributed by atoms with Crippen molar-refractivity contribution < 1.29 is 35.3 Å². The average molecular weight is 788 g/mol. The molecule has 3 aromatic heterocycles. The van der Waals surface area contributed by atoms with E-state index in [4.69, 9.17) is 14.2 Å². The Bertz CT molecular complexity index is 2140. The average Bonchev–Trinajstić information content (AvgIpc) is 3.64. The van der Waals surface area contributed by atoms with Gasteiger partial charge in [-0.3, -0.25) is 4.68 Å². The fraction of sp³-hybridized carbons (Fsp3) is 0.158. The molecule has 0 saturated carbocycles. The van der Waals surface area contributed by atoms with Gasteiger partial charge in [-0.15, -0.1) is 35.7 Å². The summed E-state index contributed by atoms with van der Waals surface area (Å²) in [4.78, 5) is 4.67. The van der Waals surface area contributed by atoms with Crippen LogP contribution in [0.5, 0.6) is 23.0 Å². The Labute approximate surface area is 282 Å². The van der Waals surface area contributed by atoms with Gasteiger partial charge in [-0.25, -0.2) is 4.98 Å². The summed E-state index contributed by atoms with van der Waals surface area (Å²) in [5, 5.41) is 6.87. The molecule has 0 saturated heterocycles. The summed E-state index contributed by atoms with van der Waals surface area (Å²) in [7, 11) is 0. The summed E-state index contributed by atoms with van der Waals surface area (Å²) in [6, 6.07) is 33.1. The van der Waals surface area contributed by atoms with Gasteiger partial charge in [0.25, 0.3) is 0 Å². The van der Waals surface area contributed by atoms with E-state index in [0.29, 0.717) is 24.7 Å². The fourth-order valence-electron chi connectivity index (χ4n) is 5.69. The van der Waals surface area contributed by atoms with Gasteiger partial charge in [0, 0.05) is 35.0 Å². The molecule has 0 aliphatic carbocycles. The number of pyridine rings is 1. The maximum Gasteiger partial charge on any atom is 2.00 e. The van der Waals surface area contributed by atoms with E-state index in [1.54, 1.807) is 4.68 Å². The first-order valence-electron chi connectivity index (χ1n) is 15.1. The number of aryl methyl sites for hydroxylation is 2. The van der Waals surface area contributed by atoms with Crippen LogP contribution in [0.3, 0.4) is 0 Å². The molecule has 0 radical (unpaired) electrons. The zero-order chi connectivity index (χ0) is 30.9. The minimum absolute atomic E-state index is 0. The first-order chi connectivity index (χ1) is 22.0. The Morgan fingerprint density at radius 3 is 2.28 bits per heavy atom. The number of aromatic nitrogens is 4. The number of hydrogen-bond donors (Lipinski definition) is 0. The summed E-state index contributed by atoms with van der Waals surface area (Å²) in [6.45, 7) is 9.16. The molecule has 0 fully saturated rings. The van der Waals surface area contributed by atoms with Crippen molar-refractivity contribution in [2.45, 2.75) is 27.7 Å². The van der Waals surface area contributed by atoms with E-state index in [1.165, 1.54) is 0 Å². The van der Waals surface area contributed by atoms with E-state index in [1.807, 2.05) is 87.9 Å². The zero-order valence-electron chi connectivity index (χ0n) is 26.0. The van der Waals surface area contributed by atoms with Crippen LogP contribution in [0.15, 0.2) is 97.5 Å². The summed E-state index contributed by atoms with van der Waals surface area (Å²) >= 11 is 0. The van der Waals surface area contributed by atoms with Gasteiger partial charge in [0.15, 0.2) is 0 Å². The quantitative estimate of drug-likeness (QED) is 0.137. The second-order valence-corrected chi connectivity index (χ2v) is 10.8. The van der Waals surface area contributed by atoms with Gasteiger partial charge >= 0.3 is 21.1 Å². The number of para-hydroxylation sites is 1. The smallest absolute Gasteiger partial charge is 0.509 e. The van der Waals surface area contributed by atoms with Crippen molar-refractivity contribution in [3.63, 3.8) is 0 Å². The third-order valence-electron chi connectivity index (χ3n) is 7.59. The minimum atomic E-state index is 0. The molecule has 0 N–H and O–H groups in total. The first kappa shape index (κ1) is 31.1. The predicted molar refractivity (Wildman–Crippen MR) is 177 cm³/mol. The molecule has 46 heavy (non-hydrogen) atoms. The largest absolute Gasteiger partial charge is 2.00 e. The Hall–Kier alpha value is -4.87. The molecule has 0 bridgehead atoms. The molecule has 3 heterocycles. The molecule has 0 spiro atoms. The van der Waals surface area contributed by atoms with Crippen molar-refractivity contribution in [2.24, 2.45) is 0 Å². The second kappa shape index (κ2) is 13.2. The van der Waals surface area contributed by atoms with Crippen LogP contribution < -0.4 is 14.2 Å². The van der Waals surface area contributed by atoms with Crippen LogP contribution in [-0.2, 0) is 21.1 Å². The number of benzene rings is 4. The Balaban J connectivity index is 0.00000372. The minimum Gasteiger partial charge on any atom is -0.509 e. The van der Waals surface area contributed by atoms with Gasteiger partial charge in [-0.05, 0) is 80.2 Å². The summed E-state index contributed by atoms with van der Waals surface area (Å²) < 4.78 is 22.2. The third-order valence-corrected chi connectivity index (χ3v) is 7.59. The van der Waals surface area contributed by atoms with Crippen molar-refractivity contribution in [3.8, 4) is 45.6 Å². The van der Waals surface area contributed by atoms with Gasteiger partial charge in [-0.2, -0.15) is 17.2 Å². The van der Waals surface area contributed by atoms with Gasteiger partial charge in [-0.1, -0.05) is 23.7 Å². The Morgan fingerprint density at radius 1 is 0.761 bits per heavy atom. The maximum atomic E-state index is 6.34. The van der Waals surface area contributed by atoms with Crippen molar-refractivity contribution in [3.05, 3.63) is 121 Å². The molecular formula is C38H32N4O3Pt. The molecule has 0 amide bonds. The molecule has 0 unspecified atom stereocenters. The van der Waals surface area contributed by atoms with Crippen LogP contribution in [0.4, 0.5) is 0 Å². The SMILES string of the molecule is CCOc1cc(C)cc(OCC)c1-c1cnn(-c2[c-]c(Oc3[c-]c4c(cc3)c3ccccc3n4-c3cc(C)ccn3)ccc2)c1.[Pt+2]. The molecule has 7 nitrogen and oxygen atoms in total. The standard InChI is InChI=1S/C38H32N4O3.Pt/c1-5-43-35-18-26(4)19-36(44-6-2)38(35)27-23-40-41(24-27)28-10-9-11-29(21-28)45-30-14-15-32-31-12-7-8-13-33(31)42(34(32)22-30)37-20-25(3)16-17-39-37;/h7-20,23-24H,5-6H2,1-4H3;/q-2;+2. The summed E-state index contributed by atoms with van der Waals surface area (Å²) in [5.41, 5.74) is 6.67. The molecule has 232 valence electrons. The van der Waals surface area contributed by atoms with Gasteiger partial charge in [0.05, 0.1) is 25.0 Å². The summed E-state index contributed by atoms with van der Waals surface area (Å²) in [6.07, 6.45) is 5.61. The van der Waals surface area contributed by atoms with Crippen LogP contribution in [0, 0.1) is 26.0 Å². The number of fused-ring (bicyclic) bond motifs is 3. The Kier molecular flexibility index (Phi) is 8.96. The van der Waals surface area contributed by atoms with Crippen molar-refractivity contribution in [2.75, 3.05) is 13.2 Å². The normalized spacial score (nSPS) is 11.0. The molecule has 0 aliphatic heterocycles. The topological polar surface area (TPSA) is 63.3 Å². The third kappa shape index (κ3) is 5.91. The van der Waals surface area contributed by atoms with E-state index in [-0.39, 0.29) is 21.1 Å². The monoisotopic (exact) mass is 787 g/mol. The van der Waals surface area contributed by atoms with Crippen LogP contribution in [-0.4, -0.2) is 32.5 Å². The number of nitrogens with zero attached hydrogens (tertiary/aromatic N) is 4. The van der Waals surface area contributed by atoms with Crippen molar-refractivity contribution in [1.82, 2.24) is 19.3 Å². The molecule has 8 heteroatoms. The van der Waals surface area contributed by atoms with E-state index in [2.05, 4.69) is 64.0 Å². The van der Waals surface area contributed by atoms with E-state index < -0.39 is 0 Å². The van der Waals surface area contributed by atoms with E-state index >= 15 is 0 Å². The van der Waals surface area contributed by atoms with Crippen LogP contribution in [0.2, 0.25) is 0 Å². The molecule has 7 aromatic rings. The molecular weight excluding hydrogens is 756 g/mol. The molecule has 0 atom stereocenters. The van der Waals surface area contributed by atoms with Crippen LogP contribution >= 0.6 is 0 Å². The van der Waals surface area contributed by atoms with Crippen molar-refractivity contribution in [1.29, 1.82) is 0 Å². The Morgan fingerprint density at radius 2 is 1.52 bits per heavy atom. The predicted octanol–water partition coefficient (Wildman–Crippen LogP) is 8.84. The number of rotatable bonds is 9. The molecule has 0 aliphatic rings. The molecule has 4 aromatic carbocycles. The van der Waals surface area contributed by atoms with Crippen molar-refractivity contribution >= 4 is 21.8 Å². The maximum absolute atomic E-state index is 6.34. The first-order valence-corrected chi connectivity index (χ1v) is 15.1. The van der Waals surface area contributed by atoms with Gasteiger partial charge in [0.1, 0.15) is 17.3 Å². The number of hydrogen-bond acceptors (Lipinski definition) is 5. The zero-order valence-corrected chi connectivity index (χ0v) is 28.3. The summed E-state index contributed by atoms with van der Waals surface area (Å²) in [5.74, 6) is 3.51. The van der Waals surface area contributed by atoms with Gasteiger partial charge < -0.3 is 18.8 Å². The van der Waals surface area contributed by atoms with Gasteiger partial charge in [0.2, 0.25) is 0 Å².